The summed E-state index contributed by atoms with van der Waals surface area (Å²) in [6, 6.07) is 10.6. The first-order valence-electron chi connectivity index (χ1n) is 8.26. The standard InChI is InChI=1S/C18H27NO2S/c1-3-20-17(21-4-2)11-8-14-19-15-18(12-13-18)22-16-9-6-5-7-10-16/h5-7,9-10,15,17H,3-4,8,11-14H2,1-2H3. The lowest BCUT2D eigenvalue weighted by Gasteiger charge is -2.16. The summed E-state index contributed by atoms with van der Waals surface area (Å²) >= 11 is 1.94. The van der Waals surface area contributed by atoms with Gasteiger partial charge in [-0.1, -0.05) is 18.2 Å². The summed E-state index contributed by atoms with van der Waals surface area (Å²) in [5, 5.41) is 0. The lowest BCUT2D eigenvalue weighted by Crippen LogP contribution is -2.17. The van der Waals surface area contributed by atoms with E-state index in [0.29, 0.717) is 13.2 Å². The first kappa shape index (κ1) is 17.5. The predicted molar refractivity (Wildman–Crippen MR) is 93.9 cm³/mol. The highest BCUT2D eigenvalue weighted by atomic mass is 32.2. The molecule has 4 heteroatoms. The molecular weight excluding hydrogens is 294 g/mol. The molecule has 1 fully saturated rings. The smallest absolute Gasteiger partial charge is 0.157 e. The third kappa shape index (κ3) is 6.11. The minimum absolute atomic E-state index is 0.0706. The van der Waals surface area contributed by atoms with E-state index in [9.17, 15) is 0 Å². The minimum atomic E-state index is -0.0706. The molecule has 1 aromatic carbocycles. The van der Waals surface area contributed by atoms with Crippen molar-refractivity contribution in [1.29, 1.82) is 0 Å². The molecule has 1 saturated carbocycles. The Morgan fingerprint density at radius 3 is 2.45 bits per heavy atom. The summed E-state index contributed by atoms with van der Waals surface area (Å²) in [6.07, 6.45) is 6.48. The van der Waals surface area contributed by atoms with Gasteiger partial charge in [0.05, 0.1) is 4.75 Å². The second-order valence-electron chi connectivity index (χ2n) is 5.50. The Kier molecular flexibility index (Phi) is 7.43. The summed E-state index contributed by atoms with van der Waals surface area (Å²) in [5.74, 6) is 0. The molecular formula is C18H27NO2S. The molecule has 1 aromatic rings. The van der Waals surface area contributed by atoms with Crippen molar-refractivity contribution in [3.05, 3.63) is 30.3 Å². The van der Waals surface area contributed by atoms with Gasteiger partial charge in [0, 0.05) is 37.3 Å². The number of aliphatic imine (C=N–C) groups is 1. The van der Waals surface area contributed by atoms with E-state index in [-0.39, 0.29) is 11.0 Å². The second-order valence-corrected chi connectivity index (χ2v) is 6.99. The Hall–Kier alpha value is -0.840. The number of hydrogen-bond acceptors (Lipinski definition) is 4. The molecule has 0 spiro atoms. The number of hydrogen-bond donors (Lipinski definition) is 0. The van der Waals surface area contributed by atoms with Crippen LogP contribution in [0, 0.1) is 0 Å². The largest absolute Gasteiger partial charge is 0.353 e. The van der Waals surface area contributed by atoms with Gasteiger partial charge in [-0.15, -0.1) is 11.8 Å². The topological polar surface area (TPSA) is 30.8 Å². The molecule has 0 aromatic heterocycles. The van der Waals surface area contributed by atoms with E-state index in [0.717, 1.165) is 19.4 Å². The molecule has 0 N–H and O–H groups in total. The highest BCUT2D eigenvalue weighted by molar-refractivity contribution is 8.01. The quantitative estimate of drug-likeness (QED) is 0.340. The van der Waals surface area contributed by atoms with Gasteiger partial charge in [-0.25, -0.2) is 0 Å². The van der Waals surface area contributed by atoms with E-state index in [2.05, 4.69) is 41.5 Å². The highest BCUT2D eigenvalue weighted by Gasteiger charge is 2.42. The lowest BCUT2D eigenvalue weighted by atomic mass is 10.3. The predicted octanol–water partition coefficient (Wildman–Crippen LogP) is 4.56. The molecule has 0 bridgehead atoms. The maximum absolute atomic E-state index is 5.54. The molecule has 0 amide bonds. The van der Waals surface area contributed by atoms with Crippen LogP contribution in [0.1, 0.15) is 39.5 Å². The van der Waals surface area contributed by atoms with Crippen molar-refractivity contribution in [2.75, 3.05) is 19.8 Å². The molecule has 0 aliphatic heterocycles. The van der Waals surface area contributed by atoms with Crippen molar-refractivity contribution in [3.63, 3.8) is 0 Å². The number of ether oxygens (including phenoxy) is 2. The molecule has 1 aliphatic carbocycles. The number of nitrogens with zero attached hydrogens (tertiary/aromatic N) is 1. The van der Waals surface area contributed by atoms with Crippen LogP contribution in [0.3, 0.4) is 0 Å². The van der Waals surface area contributed by atoms with Crippen LogP contribution in [0.2, 0.25) is 0 Å². The summed E-state index contributed by atoms with van der Waals surface area (Å²) in [6.45, 7) is 6.26. The van der Waals surface area contributed by atoms with E-state index in [1.165, 1.54) is 17.7 Å². The van der Waals surface area contributed by atoms with Crippen molar-refractivity contribution < 1.29 is 9.47 Å². The fraction of sp³-hybridized carbons (Fsp3) is 0.611. The van der Waals surface area contributed by atoms with Gasteiger partial charge in [-0.2, -0.15) is 0 Å². The van der Waals surface area contributed by atoms with Crippen LogP contribution >= 0.6 is 11.8 Å². The summed E-state index contributed by atoms with van der Waals surface area (Å²) in [5.41, 5.74) is 0. The van der Waals surface area contributed by atoms with E-state index in [1.54, 1.807) is 0 Å². The van der Waals surface area contributed by atoms with Gasteiger partial charge in [0.2, 0.25) is 0 Å². The van der Waals surface area contributed by atoms with Crippen LogP contribution in [-0.4, -0.2) is 37.0 Å². The summed E-state index contributed by atoms with van der Waals surface area (Å²) in [4.78, 5) is 5.97. The first-order valence-corrected chi connectivity index (χ1v) is 9.08. The van der Waals surface area contributed by atoms with Gasteiger partial charge < -0.3 is 9.47 Å². The van der Waals surface area contributed by atoms with Gasteiger partial charge in [0.25, 0.3) is 0 Å². The fourth-order valence-corrected chi connectivity index (χ4v) is 3.47. The van der Waals surface area contributed by atoms with Crippen LogP contribution in [0.5, 0.6) is 0 Å². The van der Waals surface area contributed by atoms with Crippen molar-refractivity contribution in [2.24, 2.45) is 4.99 Å². The van der Waals surface area contributed by atoms with E-state index < -0.39 is 0 Å². The van der Waals surface area contributed by atoms with E-state index >= 15 is 0 Å². The number of benzene rings is 1. The van der Waals surface area contributed by atoms with Gasteiger partial charge >= 0.3 is 0 Å². The minimum Gasteiger partial charge on any atom is -0.353 e. The zero-order chi connectivity index (χ0) is 15.7. The molecule has 122 valence electrons. The third-order valence-corrected chi connectivity index (χ3v) is 4.99. The van der Waals surface area contributed by atoms with Crippen LogP contribution in [0.15, 0.2) is 40.2 Å². The maximum Gasteiger partial charge on any atom is 0.157 e. The Morgan fingerprint density at radius 1 is 1.18 bits per heavy atom. The molecule has 0 atom stereocenters. The first-order chi connectivity index (χ1) is 10.8. The third-order valence-electron chi connectivity index (χ3n) is 3.57. The number of thioether (sulfide) groups is 1. The molecule has 0 unspecified atom stereocenters. The van der Waals surface area contributed by atoms with Gasteiger partial charge in [0.1, 0.15) is 0 Å². The average Bonchev–Trinajstić information content (AvgIpc) is 3.28. The van der Waals surface area contributed by atoms with Gasteiger partial charge in [-0.3, -0.25) is 4.99 Å². The zero-order valence-electron chi connectivity index (χ0n) is 13.7. The fourth-order valence-electron chi connectivity index (χ4n) is 2.27. The highest BCUT2D eigenvalue weighted by Crippen LogP contribution is 2.50. The molecule has 22 heavy (non-hydrogen) atoms. The summed E-state index contributed by atoms with van der Waals surface area (Å²) < 4.78 is 11.3. The molecule has 0 saturated heterocycles. The Bertz CT molecular complexity index is 440. The second kappa shape index (κ2) is 9.33. The zero-order valence-corrected chi connectivity index (χ0v) is 14.5. The molecule has 1 aliphatic rings. The molecule has 0 radical (unpaired) electrons. The Labute approximate surface area is 138 Å². The van der Waals surface area contributed by atoms with Crippen LogP contribution in [-0.2, 0) is 9.47 Å². The lowest BCUT2D eigenvalue weighted by molar-refractivity contribution is -0.139. The summed E-state index contributed by atoms with van der Waals surface area (Å²) in [7, 11) is 0. The van der Waals surface area contributed by atoms with Crippen LogP contribution in [0.4, 0.5) is 0 Å². The maximum atomic E-state index is 5.54. The van der Waals surface area contributed by atoms with E-state index in [1.807, 2.05) is 25.6 Å². The molecule has 3 nitrogen and oxygen atoms in total. The van der Waals surface area contributed by atoms with Crippen molar-refractivity contribution in [1.82, 2.24) is 0 Å². The van der Waals surface area contributed by atoms with Gasteiger partial charge in [-0.05, 0) is 45.2 Å². The Morgan fingerprint density at radius 2 is 1.86 bits per heavy atom. The van der Waals surface area contributed by atoms with Crippen LogP contribution < -0.4 is 0 Å². The Balaban J connectivity index is 1.69. The van der Waals surface area contributed by atoms with E-state index in [4.69, 9.17) is 9.47 Å². The molecule has 0 heterocycles. The van der Waals surface area contributed by atoms with Crippen molar-refractivity contribution >= 4 is 18.0 Å². The van der Waals surface area contributed by atoms with Crippen molar-refractivity contribution in [2.45, 2.75) is 55.5 Å². The number of rotatable bonds is 11. The normalized spacial score (nSPS) is 16.5. The van der Waals surface area contributed by atoms with Gasteiger partial charge in [0.15, 0.2) is 6.29 Å². The monoisotopic (exact) mass is 321 g/mol. The van der Waals surface area contributed by atoms with Crippen molar-refractivity contribution in [3.8, 4) is 0 Å². The average molecular weight is 321 g/mol. The SMILES string of the molecule is CCOC(CCCN=CC1(Sc2ccccc2)CC1)OCC. The molecule has 2 rings (SSSR count). The van der Waals surface area contributed by atoms with Crippen LogP contribution in [0.25, 0.3) is 0 Å².